The molecule has 1 aromatic carbocycles. The summed E-state index contributed by atoms with van der Waals surface area (Å²) >= 11 is 12.4. The lowest BCUT2D eigenvalue weighted by molar-refractivity contribution is 0.0791. The average Bonchev–Trinajstić information content (AvgIpc) is 3.49. The van der Waals surface area contributed by atoms with Crippen LogP contribution in [-0.2, 0) is 0 Å². The van der Waals surface area contributed by atoms with E-state index in [1.807, 2.05) is 19.1 Å². The Morgan fingerprint density at radius 2 is 1.89 bits per heavy atom. The highest BCUT2D eigenvalue weighted by molar-refractivity contribution is 6.43. The SMILES string of the molecule is Cc1cc(Nc2cc(N3CCN(C)CC3)nc(N[C@H]3CCN(C(=O)c4cccc(Cl)c4Cl)C3)n2)no1. The van der Waals surface area contributed by atoms with E-state index in [-0.39, 0.29) is 17.0 Å². The monoisotopic (exact) mass is 530 g/mol. The molecule has 0 bridgehead atoms. The van der Waals surface area contributed by atoms with Crippen molar-refractivity contribution in [3.63, 3.8) is 0 Å². The zero-order valence-corrected chi connectivity index (χ0v) is 21.7. The van der Waals surface area contributed by atoms with Crippen LogP contribution in [0.4, 0.5) is 23.4 Å². The first-order chi connectivity index (χ1) is 17.4. The molecule has 0 aliphatic carbocycles. The van der Waals surface area contributed by atoms with Gasteiger partial charge in [0, 0.05) is 57.4 Å². The molecule has 0 saturated carbocycles. The number of amides is 1. The number of nitrogens with one attached hydrogen (secondary N) is 2. The molecule has 1 atom stereocenters. The van der Waals surface area contributed by atoms with Crippen LogP contribution >= 0.6 is 23.2 Å². The number of rotatable bonds is 6. The van der Waals surface area contributed by atoms with Crippen LogP contribution in [0, 0.1) is 6.92 Å². The number of likely N-dealkylation sites (N-methyl/N-ethyl adjacent to an activating group) is 1. The van der Waals surface area contributed by atoms with E-state index in [1.54, 1.807) is 23.1 Å². The molecule has 12 heteroatoms. The molecule has 4 heterocycles. The number of hydrogen-bond acceptors (Lipinski definition) is 9. The molecule has 190 valence electrons. The molecule has 0 spiro atoms. The lowest BCUT2D eigenvalue weighted by Gasteiger charge is -2.33. The van der Waals surface area contributed by atoms with Crippen molar-refractivity contribution in [2.45, 2.75) is 19.4 Å². The number of nitrogens with zero attached hydrogens (tertiary/aromatic N) is 6. The van der Waals surface area contributed by atoms with Gasteiger partial charge in [-0.1, -0.05) is 34.4 Å². The van der Waals surface area contributed by atoms with Crippen LogP contribution in [0.1, 0.15) is 22.5 Å². The number of anilines is 4. The summed E-state index contributed by atoms with van der Waals surface area (Å²) in [7, 11) is 2.12. The molecule has 3 aromatic rings. The Kier molecular flexibility index (Phi) is 7.17. The minimum Gasteiger partial charge on any atom is -0.360 e. The Hall–Kier alpha value is -3.08. The fraction of sp³-hybridized carbons (Fsp3) is 0.417. The van der Waals surface area contributed by atoms with Crippen molar-refractivity contribution in [2.24, 2.45) is 0 Å². The van der Waals surface area contributed by atoms with Crippen LogP contribution in [0.5, 0.6) is 0 Å². The second-order valence-corrected chi connectivity index (χ2v) is 9.94. The standard InChI is InChI=1S/C24H28Cl2N8O2/c1-15-12-20(31-36-15)28-19-13-21(33-10-8-32(2)9-11-33)30-24(29-19)27-16-6-7-34(14-16)23(35)17-4-3-5-18(25)22(17)26/h3-5,12-13,16H,6-11,14H2,1-2H3,(H2,27,28,29,30,31)/t16-/m0/s1. The van der Waals surface area contributed by atoms with Crippen molar-refractivity contribution in [2.75, 3.05) is 61.8 Å². The van der Waals surface area contributed by atoms with Crippen LogP contribution < -0.4 is 15.5 Å². The molecule has 2 aliphatic rings. The van der Waals surface area contributed by atoms with Gasteiger partial charge in [-0.25, -0.2) is 0 Å². The third kappa shape index (κ3) is 5.50. The number of carbonyl (C=O) groups is 1. The van der Waals surface area contributed by atoms with Crippen LogP contribution in [0.3, 0.4) is 0 Å². The first kappa shape index (κ1) is 24.6. The van der Waals surface area contributed by atoms with Crippen molar-refractivity contribution in [3.8, 4) is 0 Å². The van der Waals surface area contributed by atoms with Crippen LogP contribution in [0.25, 0.3) is 0 Å². The highest BCUT2D eigenvalue weighted by Crippen LogP contribution is 2.28. The Morgan fingerprint density at radius 1 is 1.08 bits per heavy atom. The van der Waals surface area contributed by atoms with E-state index >= 15 is 0 Å². The van der Waals surface area contributed by atoms with Crippen molar-refractivity contribution in [1.82, 2.24) is 24.9 Å². The van der Waals surface area contributed by atoms with Gasteiger partial charge in [-0.2, -0.15) is 9.97 Å². The summed E-state index contributed by atoms with van der Waals surface area (Å²) in [5, 5.41) is 11.3. The molecule has 10 nitrogen and oxygen atoms in total. The molecule has 0 unspecified atom stereocenters. The number of likely N-dealkylation sites (tertiary alicyclic amines) is 1. The van der Waals surface area contributed by atoms with Crippen molar-refractivity contribution >= 4 is 52.5 Å². The third-order valence-corrected chi connectivity index (χ3v) is 7.23. The minimum atomic E-state index is -0.136. The van der Waals surface area contributed by atoms with E-state index in [4.69, 9.17) is 32.7 Å². The molecule has 2 saturated heterocycles. The smallest absolute Gasteiger partial charge is 0.255 e. The molecular weight excluding hydrogens is 503 g/mol. The number of piperazine rings is 1. The predicted octanol–water partition coefficient (Wildman–Crippen LogP) is 3.90. The van der Waals surface area contributed by atoms with E-state index < -0.39 is 0 Å². The van der Waals surface area contributed by atoms with E-state index in [0.717, 1.165) is 38.4 Å². The summed E-state index contributed by atoms with van der Waals surface area (Å²) < 4.78 is 5.18. The van der Waals surface area contributed by atoms with Gasteiger partial charge in [0.15, 0.2) is 5.82 Å². The van der Waals surface area contributed by atoms with Gasteiger partial charge in [-0.3, -0.25) is 4.79 Å². The molecule has 2 N–H and O–H groups in total. The molecule has 5 rings (SSSR count). The normalized spacial score (nSPS) is 18.5. The van der Waals surface area contributed by atoms with E-state index in [1.165, 1.54) is 0 Å². The minimum absolute atomic E-state index is 0.00297. The second-order valence-electron chi connectivity index (χ2n) is 9.16. The molecule has 1 amide bonds. The predicted molar refractivity (Wildman–Crippen MR) is 141 cm³/mol. The fourth-order valence-corrected chi connectivity index (χ4v) is 4.78. The highest BCUT2D eigenvalue weighted by Gasteiger charge is 2.29. The van der Waals surface area contributed by atoms with Crippen LogP contribution in [0.15, 0.2) is 34.9 Å². The van der Waals surface area contributed by atoms with Crippen molar-refractivity contribution in [1.29, 1.82) is 0 Å². The topological polar surface area (TPSA) is 103 Å². The summed E-state index contributed by atoms with van der Waals surface area (Å²) in [6.07, 6.45) is 0.761. The Labute approximate surface area is 219 Å². The van der Waals surface area contributed by atoms with Crippen molar-refractivity contribution < 1.29 is 9.32 Å². The van der Waals surface area contributed by atoms with E-state index in [0.29, 0.717) is 47.0 Å². The summed E-state index contributed by atoms with van der Waals surface area (Å²) in [5.74, 6) is 3.10. The lowest BCUT2D eigenvalue weighted by Crippen LogP contribution is -2.45. The first-order valence-electron chi connectivity index (χ1n) is 11.9. The molecule has 36 heavy (non-hydrogen) atoms. The number of carbonyl (C=O) groups excluding carboxylic acids is 1. The van der Waals surface area contributed by atoms with Gasteiger partial charge < -0.3 is 29.9 Å². The zero-order chi connectivity index (χ0) is 25.2. The number of hydrogen-bond donors (Lipinski definition) is 2. The maximum Gasteiger partial charge on any atom is 0.255 e. The van der Waals surface area contributed by atoms with Gasteiger partial charge in [-0.05, 0) is 32.5 Å². The highest BCUT2D eigenvalue weighted by atomic mass is 35.5. The maximum absolute atomic E-state index is 13.1. The molecular formula is C24H28Cl2N8O2. The number of aromatic nitrogens is 3. The summed E-state index contributed by atoms with van der Waals surface area (Å²) in [6.45, 7) is 6.62. The van der Waals surface area contributed by atoms with Gasteiger partial charge in [0.1, 0.15) is 17.4 Å². The number of halogens is 2. The summed E-state index contributed by atoms with van der Waals surface area (Å²) in [6, 6.07) is 8.83. The van der Waals surface area contributed by atoms with Gasteiger partial charge in [0.25, 0.3) is 5.91 Å². The van der Waals surface area contributed by atoms with Crippen LogP contribution in [-0.4, -0.2) is 83.2 Å². The summed E-state index contributed by atoms with van der Waals surface area (Å²) in [4.78, 5) is 28.8. The average molecular weight is 531 g/mol. The Balaban J connectivity index is 1.32. The Bertz CT molecular complexity index is 1240. The van der Waals surface area contributed by atoms with Gasteiger partial charge in [0.05, 0.1) is 15.6 Å². The molecule has 2 aliphatic heterocycles. The van der Waals surface area contributed by atoms with Crippen molar-refractivity contribution in [3.05, 3.63) is 51.7 Å². The lowest BCUT2D eigenvalue weighted by atomic mass is 10.2. The molecule has 2 fully saturated rings. The fourth-order valence-electron chi connectivity index (χ4n) is 4.40. The molecule has 0 radical (unpaired) electrons. The van der Waals surface area contributed by atoms with Gasteiger partial charge in [0.2, 0.25) is 5.95 Å². The largest absolute Gasteiger partial charge is 0.360 e. The Morgan fingerprint density at radius 3 is 2.64 bits per heavy atom. The van der Waals surface area contributed by atoms with Gasteiger partial charge in [-0.15, -0.1) is 0 Å². The number of aryl methyl sites for hydroxylation is 1. The second kappa shape index (κ2) is 10.5. The molecule has 2 aromatic heterocycles. The van der Waals surface area contributed by atoms with E-state index in [2.05, 4.69) is 37.6 Å². The third-order valence-electron chi connectivity index (χ3n) is 6.41. The summed E-state index contributed by atoms with van der Waals surface area (Å²) in [5.41, 5.74) is 0.410. The van der Waals surface area contributed by atoms with Gasteiger partial charge >= 0.3 is 0 Å². The number of benzene rings is 1. The quantitative estimate of drug-likeness (QED) is 0.490. The van der Waals surface area contributed by atoms with E-state index in [9.17, 15) is 4.79 Å². The van der Waals surface area contributed by atoms with Crippen LogP contribution in [0.2, 0.25) is 10.0 Å². The zero-order valence-electron chi connectivity index (χ0n) is 20.2. The maximum atomic E-state index is 13.1. The first-order valence-corrected chi connectivity index (χ1v) is 12.6.